The fourth-order valence-electron chi connectivity index (χ4n) is 4.95. The number of aliphatic hydroxyl groups is 1. The van der Waals surface area contributed by atoms with Crippen LogP contribution in [-0.4, -0.2) is 80.5 Å². The lowest BCUT2D eigenvalue weighted by Gasteiger charge is -2.30. The Bertz CT molecular complexity index is 1190. The Morgan fingerprint density at radius 2 is 1.88 bits per heavy atom. The van der Waals surface area contributed by atoms with E-state index in [1.165, 1.54) is 33.3 Å². The summed E-state index contributed by atoms with van der Waals surface area (Å²) in [4.78, 5) is 51.1. The molecule has 0 aromatic heterocycles. The van der Waals surface area contributed by atoms with Crippen LogP contribution in [0.2, 0.25) is 0 Å². The van der Waals surface area contributed by atoms with E-state index in [9.17, 15) is 28.7 Å². The van der Waals surface area contributed by atoms with Crippen LogP contribution >= 0.6 is 0 Å². The van der Waals surface area contributed by atoms with Crippen LogP contribution in [0.3, 0.4) is 0 Å². The Hall–Kier alpha value is -3.61. The molecule has 0 radical (unpaired) electrons. The maximum absolute atomic E-state index is 13.5. The summed E-state index contributed by atoms with van der Waals surface area (Å²) in [5, 5.41) is 16.4. The van der Waals surface area contributed by atoms with E-state index < -0.39 is 60.6 Å². The van der Waals surface area contributed by atoms with Gasteiger partial charge in [-0.3, -0.25) is 14.4 Å². The number of carbonyl (C=O) groups is 4. The number of Topliss-reactive ketones (excluding diaryl/α,β-unsaturated/α-hetero) is 1. The van der Waals surface area contributed by atoms with Crippen molar-refractivity contribution < 1.29 is 42.9 Å². The van der Waals surface area contributed by atoms with E-state index in [2.05, 4.69) is 10.6 Å². The lowest BCUT2D eigenvalue weighted by atomic mass is 9.85. The highest BCUT2D eigenvalue weighted by Crippen LogP contribution is 2.28. The topological polar surface area (TPSA) is 166 Å². The van der Waals surface area contributed by atoms with Crippen molar-refractivity contribution in [3.63, 3.8) is 0 Å². The normalized spacial score (nSPS) is 28.5. The summed E-state index contributed by atoms with van der Waals surface area (Å²) in [6.07, 6.45) is 3.29. The molecule has 12 heteroatoms. The molecule has 11 nitrogen and oxygen atoms in total. The number of carbonyl (C=O) groups excluding carboxylic acids is 4. The van der Waals surface area contributed by atoms with E-state index in [-0.39, 0.29) is 41.4 Å². The highest BCUT2D eigenvalue weighted by Gasteiger charge is 2.33. The Balaban J connectivity index is 2.61. The third kappa shape index (κ3) is 9.20. The van der Waals surface area contributed by atoms with Gasteiger partial charge in [-0.05, 0) is 38.2 Å². The molecule has 2 rings (SSSR count). The number of aliphatic hydroxyl groups excluding tert-OH is 1. The number of allylic oxidation sites excluding steroid dienone is 4. The lowest BCUT2D eigenvalue weighted by molar-refractivity contribution is -0.120. The third-order valence-corrected chi connectivity index (χ3v) is 7.19. The van der Waals surface area contributed by atoms with Gasteiger partial charge >= 0.3 is 6.09 Å². The number of nitrogens with one attached hydrogen (secondary N) is 2. The number of hydrogen-bond donors (Lipinski definition) is 4. The number of halogens is 1. The van der Waals surface area contributed by atoms with Crippen LogP contribution in [0.5, 0.6) is 0 Å². The van der Waals surface area contributed by atoms with Crippen LogP contribution in [-0.2, 0) is 28.6 Å². The van der Waals surface area contributed by atoms with Crippen molar-refractivity contribution in [1.29, 1.82) is 0 Å². The Labute approximate surface area is 245 Å². The maximum Gasteiger partial charge on any atom is 0.405 e. The number of alkyl halides is 1. The van der Waals surface area contributed by atoms with Crippen molar-refractivity contribution in [3.8, 4) is 0 Å². The third-order valence-electron chi connectivity index (χ3n) is 7.19. The van der Waals surface area contributed by atoms with E-state index in [4.69, 9.17) is 19.9 Å². The molecule has 0 fully saturated rings. The SMILES string of the molecule is CO[C@H]1C=CC=C(C)C(=O)NC2=CC(=O)C(NCCF)=C(C[C@@H](C)C[C@H](OC)[C@H](O)[C@@H](C)C=C(C)[C@@H]1OC(N)=O)C2=O. The highest BCUT2D eigenvalue weighted by atomic mass is 19.1. The van der Waals surface area contributed by atoms with Crippen LogP contribution in [0.15, 0.2) is 58.5 Å². The summed E-state index contributed by atoms with van der Waals surface area (Å²) >= 11 is 0. The van der Waals surface area contributed by atoms with Crippen molar-refractivity contribution in [2.24, 2.45) is 17.6 Å². The fraction of sp³-hybridized carbons (Fsp3) is 0.533. The number of fused-ring (bicyclic) bond motifs is 2. The summed E-state index contributed by atoms with van der Waals surface area (Å²) in [6.45, 7) is 5.92. The molecule has 232 valence electrons. The number of nitrogens with two attached hydrogens (primary N) is 1. The Morgan fingerprint density at radius 1 is 1.19 bits per heavy atom. The molecule has 42 heavy (non-hydrogen) atoms. The van der Waals surface area contributed by atoms with Gasteiger partial charge < -0.3 is 35.7 Å². The van der Waals surface area contributed by atoms with Gasteiger partial charge in [-0.1, -0.05) is 38.2 Å². The molecule has 2 amide bonds. The molecular formula is C30H42FN3O8. The number of ketones is 2. The summed E-state index contributed by atoms with van der Waals surface area (Å²) in [5.41, 5.74) is 5.99. The van der Waals surface area contributed by atoms with E-state index >= 15 is 0 Å². The molecule has 0 saturated heterocycles. The molecule has 2 bridgehead atoms. The predicted octanol–water partition coefficient (Wildman–Crippen LogP) is 2.32. The molecule has 1 heterocycles. The second kappa shape index (κ2) is 16.1. The van der Waals surface area contributed by atoms with Crippen molar-refractivity contribution in [2.75, 3.05) is 27.4 Å². The number of rotatable bonds is 6. The molecule has 6 atom stereocenters. The minimum Gasteiger partial charge on any atom is -0.439 e. The number of hydrogen-bond acceptors (Lipinski definition) is 9. The average Bonchev–Trinajstić information content (AvgIpc) is 2.94. The monoisotopic (exact) mass is 591 g/mol. The summed E-state index contributed by atoms with van der Waals surface area (Å²) in [6, 6.07) is 0. The maximum atomic E-state index is 13.5. The summed E-state index contributed by atoms with van der Waals surface area (Å²) in [7, 11) is 2.87. The van der Waals surface area contributed by atoms with Gasteiger partial charge in [0.25, 0.3) is 5.91 Å². The first kappa shape index (κ1) is 34.6. The molecule has 1 aliphatic carbocycles. The van der Waals surface area contributed by atoms with Gasteiger partial charge in [0, 0.05) is 43.9 Å². The van der Waals surface area contributed by atoms with Crippen molar-refractivity contribution >= 4 is 23.6 Å². The molecule has 0 aromatic rings. The zero-order chi connectivity index (χ0) is 31.6. The van der Waals surface area contributed by atoms with E-state index in [0.717, 1.165) is 6.08 Å². The first-order valence-corrected chi connectivity index (χ1v) is 13.7. The van der Waals surface area contributed by atoms with E-state index in [1.807, 2.05) is 6.92 Å². The minimum absolute atomic E-state index is 0.0175. The lowest BCUT2D eigenvalue weighted by Crippen LogP contribution is -2.38. The van der Waals surface area contributed by atoms with Crippen LogP contribution in [0.4, 0.5) is 9.18 Å². The van der Waals surface area contributed by atoms with Gasteiger partial charge in [0.1, 0.15) is 12.8 Å². The molecule has 1 aliphatic heterocycles. The van der Waals surface area contributed by atoms with Crippen molar-refractivity contribution in [3.05, 3.63) is 58.5 Å². The smallest absolute Gasteiger partial charge is 0.405 e. The van der Waals surface area contributed by atoms with Gasteiger partial charge in [0.2, 0.25) is 11.6 Å². The molecule has 0 spiro atoms. The molecular weight excluding hydrogens is 549 g/mol. The summed E-state index contributed by atoms with van der Waals surface area (Å²) in [5.74, 6) is -2.49. The predicted molar refractivity (Wildman–Crippen MR) is 154 cm³/mol. The van der Waals surface area contributed by atoms with E-state index in [1.54, 1.807) is 26.0 Å². The number of methoxy groups -OCH3 is 2. The largest absolute Gasteiger partial charge is 0.439 e. The quantitative estimate of drug-likeness (QED) is 0.268. The van der Waals surface area contributed by atoms with Crippen LogP contribution in [0, 0.1) is 11.8 Å². The van der Waals surface area contributed by atoms with Gasteiger partial charge in [-0.2, -0.15) is 0 Å². The molecule has 5 N–H and O–H groups in total. The van der Waals surface area contributed by atoms with Gasteiger partial charge in [0.05, 0.1) is 23.6 Å². The van der Waals surface area contributed by atoms with Crippen molar-refractivity contribution in [1.82, 2.24) is 10.6 Å². The second-order valence-electron chi connectivity index (χ2n) is 10.5. The zero-order valence-corrected chi connectivity index (χ0v) is 24.9. The van der Waals surface area contributed by atoms with Gasteiger partial charge in [-0.25, -0.2) is 9.18 Å². The zero-order valence-electron chi connectivity index (χ0n) is 24.9. The van der Waals surface area contributed by atoms with Crippen molar-refractivity contribution in [2.45, 2.75) is 65.0 Å². The van der Waals surface area contributed by atoms with Gasteiger partial charge in [-0.15, -0.1) is 0 Å². The average molecular weight is 592 g/mol. The standard InChI is InChI=1S/C30H42FN3O8/c1-16-12-20-25(33-11-10-31)22(35)15-21(27(20)37)34-29(38)17(2)8-7-9-23(40-5)28(42-30(32)39)19(4)14-18(3)26(36)24(13-16)41-6/h7-9,14-16,18,23-24,26,28,33,36H,10-13H2,1-6H3,(H2,32,39)(H,34,38)/t16-,18+,23+,24+,26-,28+/m1/s1. The van der Waals surface area contributed by atoms with Crippen LogP contribution in [0.25, 0.3) is 0 Å². The highest BCUT2D eigenvalue weighted by molar-refractivity contribution is 6.23. The number of ether oxygens (including phenoxy) is 3. The molecule has 0 saturated carbocycles. The number of amides is 2. The molecule has 2 aliphatic rings. The first-order valence-electron chi connectivity index (χ1n) is 13.7. The first-order chi connectivity index (χ1) is 19.8. The minimum atomic E-state index is -1.02. The van der Waals surface area contributed by atoms with Crippen LogP contribution in [0.1, 0.15) is 40.5 Å². The Morgan fingerprint density at radius 3 is 2.48 bits per heavy atom. The molecule has 0 unspecified atom stereocenters. The Kier molecular flexibility index (Phi) is 13.3. The second-order valence-corrected chi connectivity index (χ2v) is 10.5. The molecule has 0 aromatic carbocycles. The number of primary amides is 1. The summed E-state index contributed by atoms with van der Waals surface area (Å²) < 4.78 is 29.4. The van der Waals surface area contributed by atoms with Crippen LogP contribution < -0.4 is 16.4 Å². The fourth-order valence-corrected chi connectivity index (χ4v) is 4.95. The van der Waals surface area contributed by atoms with Gasteiger partial charge in [0.15, 0.2) is 6.10 Å². The van der Waals surface area contributed by atoms with E-state index in [0.29, 0.717) is 12.0 Å².